The highest BCUT2D eigenvalue weighted by atomic mass is 16.1. The van der Waals surface area contributed by atoms with Crippen molar-refractivity contribution in [1.29, 1.82) is 0 Å². The number of hydrogen-bond acceptors (Lipinski definition) is 2. The average molecular weight is 185 g/mol. The van der Waals surface area contributed by atoms with E-state index in [9.17, 15) is 9.59 Å². The van der Waals surface area contributed by atoms with Crippen LogP contribution in [0.5, 0.6) is 0 Å². The highest BCUT2D eigenvalue weighted by molar-refractivity contribution is 5.98. The lowest BCUT2D eigenvalue weighted by molar-refractivity contribution is -0.103. The maximum absolute atomic E-state index is 11.3. The Kier molecular flexibility index (Phi) is 2.04. The fraction of sp³-hybridized carbons (Fsp3) is 0.0909. The van der Waals surface area contributed by atoms with Crippen LogP contribution in [0.3, 0.4) is 0 Å². The second kappa shape index (κ2) is 3.35. The topological polar surface area (TPSA) is 46.2 Å². The molecule has 0 atom stereocenters. The van der Waals surface area contributed by atoms with Gasteiger partial charge in [-0.05, 0) is 23.6 Å². The Morgan fingerprint density at radius 3 is 3.07 bits per heavy atom. The maximum atomic E-state index is 11.3. The Labute approximate surface area is 81.1 Å². The van der Waals surface area contributed by atoms with Crippen LogP contribution in [0, 0.1) is 11.8 Å². The summed E-state index contributed by atoms with van der Waals surface area (Å²) in [7, 11) is 0. The summed E-state index contributed by atoms with van der Waals surface area (Å²) in [4.78, 5) is 21.3. The number of nitrogens with one attached hydrogen (secondary N) is 1. The van der Waals surface area contributed by atoms with E-state index in [0.717, 1.165) is 5.56 Å². The molecule has 14 heavy (non-hydrogen) atoms. The zero-order valence-corrected chi connectivity index (χ0v) is 7.33. The highest BCUT2D eigenvalue weighted by Gasteiger charge is 2.17. The standard InChI is InChI=1S/C11H7NO2/c13-5-1-2-8-3-4-9-7-12-11(14)10(9)6-8/h3-6H,7H2,(H,12,14). The maximum Gasteiger partial charge on any atom is 0.251 e. The summed E-state index contributed by atoms with van der Waals surface area (Å²) in [6, 6.07) is 5.35. The second-order valence-corrected chi connectivity index (χ2v) is 2.94. The van der Waals surface area contributed by atoms with E-state index in [2.05, 4.69) is 17.2 Å². The van der Waals surface area contributed by atoms with Crippen LogP contribution in [0.4, 0.5) is 0 Å². The van der Waals surface area contributed by atoms with Gasteiger partial charge in [0.2, 0.25) is 0 Å². The molecule has 1 aliphatic rings. The van der Waals surface area contributed by atoms with Gasteiger partial charge in [0.15, 0.2) is 6.29 Å². The summed E-state index contributed by atoms with van der Waals surface area (Å²) >= 11 is 0. The van der Waals surface area contributed by atoms with E-state index in [4.69, 9.17) is 0 Å². The molecular weight excluding hydrogens is 178 g/mol. The summed E-state index contributed by atoms with van der Waals surface area (Å²) < 4.78 is 0. The lowest BCUT2D eigenvalue weighted by atomic mass is 10.1. The zero-order chi connectivity index (χ0) is 9.97. The number of rotatable bonds is 0. The van der Waals surface area contributed by atoms with Crippen LogP contribution in [0.2, 0.25) is 0 Å². The van der Waals surface area contributed by atoms with Gasteiger partial charge in [-0.3, -0.25) is 9.59 Å². The van der Waals surface area contributed by atoms with E-state index in [0.29, 0.717) is 24.0 Å². The van der Waals surface area contributed by atoms with Crippen LogP contribution in [-0.2, 0) is 11.3 Å². The van der Waals surface area contributed by atoms with Crippen molar-refractivity contribution in [3.8, 4) is 11.8 Å². The Hall–Kier alpha value is -2.08. The van der Waals surface area contributed by atoms with E-state index >= 15 is 0 Å². The molecule has 3 nitrogen and oxygen atoms in total. The highest BCUT2D eigenvalue weighted by Crippen LogP contribution is 2.16. The molecule has 0 aromatic heterocycles. The van der Waals surface area contributed by atoms with Crippen LogP contribution >= 0.6 is 0 Å². The van der Waals surface area contributed by atoms with Crippen molar-refractivity contribution in [2.45, 2.75) is 6.54 Å². The van der Waals surface area contributed by atoms with Gasteiger partial charge in [0.1, 0.15) is 0 Å². The summed E-state index contributed by atoms with van der Waals surface area (Å²) in [6.07, 6.45) is 0.535. The first-order valence-electron chi connectivity index (χ1n) is 4.17. The van der Waals surface area contributed by atoms with Crippen molar-refractivity contribution >= 4 is 12.2 Å². The summed E-state index contributed by atoms with van der Waals surface area (Å²) in [6.45, 7) is 0.579. The number of fused-ring (bicyclic) bond motifs is 1. The number of carbonyl (C=O) groups excluding carboxylic acids is 2. The van der Waals surface area contributed by atoms with Crippen molar-refractivity contribution in [3.05, 3.63) is 34.9 Å². The quantitative estimate of drug-likeness (QED) is 0.472. The normalized spacial score (nSPS) is 12.4. The smallest absolute Gasteiger partial charge is 0.251 e. The van der Waals surface area contributed by atoms with Crippen molar-refractivity contribution in [2.75, 3.05) is 0 Å². The first-order chi connectivity index (χ1) is 6.81. The first-order valence-corrected chi connectivity index (χ1v) is 4.17. The molecule has 0 aliphatic carbocycles. The lowest BCUT2D eigenvalue weighted by Gasteiger charge is -1.95. The molecule has 0 bridgehead atoms. The van der Waals surface area contributed by atoms with Crippen molar-refractivity contribution in [2.24, 2.45) is 0 Å². The molecule has 2 rings (SSSR count). The van der Waals surface area contributed by atoms with Gasteiger partial charge in [-0.25, -0.2) is 0 Å². The molecule has 0 spiro atoms. The van der Waals surface area contributed by atoms with Crippen molar-refractivity contribution in [3.63, 3.8) is 0 Å². The van der Waals surface area contributed by atoms with Crippen LogP contribution in [0.25, 0.3) is 0 Å². The molecule has 1 aliphatic heterocycles. The van der Waals surface area contributed by atoms with Gasteiger partial charge >= 0.3 is 0 Å². The summed E-state index contributed by atoms with van der Waals surface area (Å²) in [5.41, 5.74) is 2.32. The monoisotopic (exact) mass is 185 g/mol. The molecule has 1 aromatic carbocycles. The Bertz CT molecular complexity index is 466. The Balaban J connectivity index is 2.44. The van der Waals surface area contributed by atoms with Gasteiger partial charge in [0, 0.05) is 17.7 Å². The lowest BCUT2D eigenvalue weighted by Crippen LogP contribution is -2.12. The Morgan fingerprint density at radius 1 is 1.43 bits per heavy atom. The minimum Gasteiger partial charge on any atom is -0.348 e. The minimum absolute atomic E-state index is 0.0743. The average Bonchev–Trinajstić information content (AvgIpc) is 2.57. The van der Waals surface area contributed by atoms with Gasteiger partial charge in [-0.2, -0.15) is 0 Å². The molecule has 1 aromatic rings. The molecule has 1 amide bonds. The fourth-order valence-corrected chi connectivity index (χ4v) is 1.40. The molecule has 68 valence electrons. The number of hydrogen-bond donors (Lipinski definition) is 1. The van der Waals surface area contributed by atoms with Crippen LogP contribution < -0.4 is 5.32 Å². The third kappa shape index (κ3) is 1.38. The predicted molar refractivity (Wildman–Crippen MR) is 50.6 cm³/mol. The molecule has 0 radical (unpaired) electrons. The zero-order valence-electron chi connectivity index (χ0n) is 7.33. The van der Waals surface area contributed by atoms with Gasteiger partial charge in [0.05, 0.1) is 0 Å². The van der Waals surface area contributed by atoms with E-state index in [1.807, 2.05) is 6.07 Å². The largest absolute Gasteiger partial charge is 0.348 e. The molecule has 1 heterocycles. The van der Waals surface area contributed by atoms with Crippen LogP contribution in [-0.4, -0.2) is 12.2 Å². The van der Waals surface area contributed by atoms with Crippen molar-refractivity contribution in [1.82, 2.24) is 5.32 Å². The first kappa shape index (κ1) is 8.52. The van der Waals surface area contributed by atoms with E-state index in [1.54, 1.807) is 12.1 Å². The summed E-state index contributed by atoms with van der Waals surface area (Å²) in [5, 5.41) is 2.71. The fourth-order valence-electron chi connectivity index (χ4n) is 1.40. The molecule has 0 unspecified atom stereocenters. The van der Waals surface area contributed by atoms with E-state index < -0.39 is 0 Å². The van der Waals surface area contributed by atoms with E-state index in [-0.39, 0.29) is 5.91 Å². The third-order valence-electron chi connectivity index (χ3n) is 2.07. The number of amides is 1. The van der Waals surface area contributed by atoms with Gasteiger partial charge in [0.25, 0.3) is 5.91 Å². The molecule has 0 fully saturated rings. The molecule has 0 saturated heterocycles. The van der Waals surface area contributed by atoms with Crippen molar-refractivity contribution < 1.29 is 9.59 Å². The SMILES string of the molecule is O=CC#Cc1ccc2c(c1)C(=O)NC2. The number of benzene rings is 1. The molecular formula is C11H7NO2. The van der Waals surface area contributed by atoms with Crippen LogP contribution in [0.15, 0.2) is 18.2 Å². The van der Waals surface area contributed by atoms with E-state index in [1.165, 1.54) is 0 Å². The van der Waals surface area contributed by atoms with Gasteiger partial charge in [-0.15, -0.1) is 0 Å². The Morgan fingerprint density at radius 2 is 2.29 bits per heavy atom. The van der Waals surface area contributed by atoms with Gasteiger partial charge < -0.3 is 5.32 Å². The molecule has 3 heteroatoms. The predicted octanol–water partition coefficient (Wildman–Crippen LogP) is 0.480. The third-order valence-corrected chi connectivity index (χ3v) is 2.07. The van der Waals surface area contributed by atoms with Gasteiger partial charge in [-0.1, -0.05) is 12.0 Å². The number of aldehydes is 1. The minimum atomic E-state index is -0.0743. The molecule has 0 saturated carbocycles. The number of carbonyl (C=O) groups is 2. The van der Waals surface area contributed by atoms with Crippen LogP contribution in [0.1, 0.15) is 21.5 Å². The molecule has 1 N–H and O–H groups in total. The second-order valence-electron chi connectivity index (χ2n) is 2.94. The summed E-state index contributed by atoms with van der Waals surface area (Å²) in [5.74, 6) is 4.88.